The summed E-state index contributed by atoms with van der Waals surface area (Å²) in [5.41, 5.74) is -2.04. The van der Waals surface area contributed by atoms with E-state index in [0.29, 0.717) is 5.69 Å². The quantitative estimate of drug-likeness (QED) is 0.605. The van der Waals surface area contributed by atoms with Gasteiger partial charge in [-0.15, -0.1) is 0 Å². The maximum absolute atomic E-state index is 13.1. The first-order valence-corrected chi connectivity index (χ1v) is 8.99. The number of ether oxygens (including phenoxy) is 1. The van der Waals surface area contributed by atoms with Crippen LogP contribution < -0.4 is 11.2 Å². The average molecular weight is 421 g/mol. The smallest absolute Gasteiger partial charge is 0.416 e. The van der Waals surface area contributed by atoms with E-state index >= 15 is 0 Å². The van der Waals surface area contributed by atoms with Gasteiger partial charge in [-0.1, -0.05) is 12.1 Å². The molecule has 0 amide bonds. The minimum Gasteiger partial charge on any atom is -0.462 e. The van der Waals surface area contributed by atoms with Gasteiger partial charge >= 0.3 is 17.8 Å². The van der Waals surface area contributed by atoms with Crippen LogP contribution in [0.25, 0.3) is 11.0 Å². The van der Waals surface area contributed by atoms with Crippen LogP contribution in [0.3, 0.4) is 0 Å². The van der Waals surface area contributed by atoms with Gasteiger partial charge in [0.2, 0.25) is 0 Å². The predicted molar refractivity (Wildman–Crippen MR) is 102 cm³/mol. The molecule has 0 bridgehead atoms. The summed E-state index contributed by atoms with van der Waals surface area (Å²) < 4.78 is 45.8. The first-order chi connectivity index (χ1) is 14.0. The van der Waals surface area contributed by atoms with Crippen molar-refractivity contribution in [3.05, 3.63) is 73.6 Å². The number of carbonyl (C=O) groups is 1. The molecule has 0 spiro atoms. The van der Waals surface area contributed by atoms with Crippen LogP contribution in [0, 0.1) is 6.92 Å². The summed E-state index contributed by atoms with van der Waals surface area (Å²) in [6.07, 6.45) is -4.56. The molecule has 0 N–H and O–H groups in total. The molecule has 158 valence electrons. The second kappa shape index (κ2) is 7.77. The molecule has 0 fully saturated rings. The van der Waals surface area contributed by atoms with Crippen LogP contribution in [0.1, 0.15) is 34.1 Å². The number of rotatable bonds is 4. The molecular formula is C20H18F3N3O4. The fourth-order valence-electron chi connectivity index (χ4n) is 3.14. The topological polar surface area (TPSA) is 83.2 Å². The number of hydrogen-bond acceptors (Lipinski definition) is 5. The van der Waals surface area contributed by atoms with Gasteiger partial charge in [0, 0.05) is 12.7 Å². The van der Waals surface area contributed by atoms with Gasteiger partial charge in [-0.25, -0.2) is 14.6 Å². The van der Waals surface area contributed by atoms with E-state index in [9.17, 15) is 27.6 Å². The lowest BCUT2D eigenvalue weighted by molar-refractivity contribution is -0.137. The normalized spacial score (nSPS) is 11.7. The summed E-state index contributed by atoms with van der Waals surface area (Å²) in [5.74, 6) is -0.755. The van der Waals surface area contributed by atoms with Gasteiger partial charge in [0.15, 0.2) is 0 Å². The number of fused-ring (bicyclic) bond motifs is 1. The summed E-state index contributed by atoms with van der Waals surface area (Å²) in [7, 11) is 1.37. The van der Waals surface area contributed by atoms with E-state index in [1.54, 1.807) is 13.8 Å². The maximum Gasteiger partial charge on any atom is 0.416 e. The van der Waals surface area contributed by atoms with Gasteiger partial charge in [-0.05, 0) is 37.6 Å². The second-order valence-corrected chi connectivity index (χ2v) is 6.66. The standard InChI is InChI=1S/C20H18F3N3O4/c1-4-30-18(28)14-8-11(2)24-16-15(14)17(27)26(19(29)25(16)3)10-12-6-5-7-13(9-12)20(21,22)23/h5-9H,4,10H2,1-3H3. The second-order valence-electron chi connectivity index (χ2n) is 6.66. The first kappa shape index (κ1) is 21.3. The van der Waals surface area contributed by atoms with E-state index in [4.69, 9.17) is 4.74 Å². The van der Waals surface area contributed by atoms with Crippen molar-refractivity contribution in [2.75, 3.05) is 6.61 Å². The van der Waals surface area contributed by atoms with Crippen LogP contribution in [0.15, 0.2) is 39.9 Å². The van der Waals surface area contributed by atoms with Gasteiger partial charge in [-0.2, -0.15) is 13.2 Å². The van der Waals surface area contributed by atoms with Crippen molar-refractivity contribution >= 4 is 17.0 Å². The number of nitrogens with zero attached hydrogens (tertiary/aromatic N) is 3. The highest BCUT2D eigenvalue weighted by Gasteiger charge is 2.30. The van der Waals surface area contributed by atoms with Crippen molar-refractivity contribution in [2.24, 2.45) is 7.05 Å². The molecule has 10 heteroatoms. The molecule has 3 aromatic rings. The fraction of sp³-hybridized carbons (Fsp3) is 0.300. The highest BCUT2D eigenvalue weighted by Crippen LogP contribution is 2.29. The van der Waals surface area contributed by atoms with Gasteiger partial charge < -0.3 is 4.74 Å². The monoisotopic (exact) mass is 421 g/mol. The summed E-state index contributed by atoms with van der Waals surface area (Å²) in [6, 6.07) is 5.72. The molecular weight excluding hydrogens is 403 g/mol. The van der Waals surface area contributed by atoms with Crippen molar-refractivity contribution < 1.29 is 22.7 Å². The Morgan fingerprint density at radius 2 is 1.90 bits per heavy atom. The lowest BCUT2D eigenvalue weighted by atomic mass is 10.1. The van der Waals surface area contributed by atoms with E-state index in [1.807, 2.05) is 0 Å². The molecule has 0 radical (unpaired) electrons. The lowest BCUT2D eigenvalue weighted by Gasteiger charge is -2.14. The minimum absolute atomic E-state index is 0.00616. The highest BCUT2D eigenvalue weighted by molar-refractivity contribution is 6.02. The maximum atomic E-state index is 13.1. The van der Waals surface area contributed by atoms with Crippen molar-refractivity contribution in [2.45, 2.75) is 26.6 Å². The highest BCUT2D eigenvalue weighted by atomic mass is 19.4. The van der Waals surface area contributed by atoms with Gasteiger partial charge in [0.05, 0.1) is 29.7 Å². The Labute approximate surface area is 168 Å². The number of alkyl halides is 3. The Morgan fingerprint density at radius 3 is 2.53 bits per heavy atom. The number of esters is 1. The first-order valence-electron chi connectivity index (χ1n) is 8.99. The van der Waals surface area contributed by atoms with Crippen molar-refractivity contribution in [3.63, 3.8) is 0 Å². The Balaban J connectivity index is 2.26. The molecule has 1 aromatic carbocycles. The van der Waals surface area contributed by atoms with Crippen molar-refractivity contribution in [1.82, 2.24) is 14.1 Å². The number of benzene rings is 1. The zero-order chi connectivity index (χ0) is 22.2. The molecule has 7 nitrogen and oxygen atoms in total. The average Bonchev–Trinajstić information content (AvgIpc) is 2.68. The molecule has 3 rings (SSSR count). The Hall–Kier alpha value is -3.43. The molecule has 2 heterocycles. The summed E-state index contributed by atoms with van der Waals surface area (Å²) >= 11 is 0. The van der Waals surface area contributed by atoms with Crippen LogP contribution in [0.4, 0.5) is 13.2 Å². The summed E-state index contributed by atoms with van der Waals surface area (Å²) in [5, 5.41) is -0.131. The van der Waals surface area contributed by atoms with Crippen molar-refractivity contribution in [3.8, 4) is 0 Å². The Bertz CT molecular complexity index is 1260. The Kier molecular flexibility index (Phi) is 5.51. The fourth-order valence-corrected chi connectivity index (χ4v) is 3.14. The van der Waals surface area contributed by atoms with Crippen LogP contribution >= 0.6 is 0 Å². The summed E-state index contributed by atoms with van der Waals surface area (Å²) in [4.78, 5) is 42.4. The molecule has 0 saturated heterocycles. The van der Waals surface area contributed by atoms with Crippen LogP contribution in [-0.4, -0.2) is 26.7 Å². The van der Waals surface area contributed by atoms with Gasteiger partial charge in [0.25, 0.3) is 5.56 Å². The lowest BCUT2D eigenvalue weighted by Crippen LogP contribution is -2.40. The number of carbonyl (C=O) groups excluding carboxylic acids is 1. The number of aryl methyl sites for hydroxylation is 2. The SMILES string of the molecule is CCOC(=O)c1cc(C)nc2c1c(=O)n(Cc1cccc(C(F)(F)F)c1)c(=O)n2C. The van der Waals surface area contributed by atoms with E-state index in [0.717, 1.165) is 21.3 Å². The van der Waals surface area contributed by atoms with E-state index in [2.05, 4.69) is 4.98 Å². The Morgan fingerprint density at radius 1 is 1.20 bits per heavy atom. The molecule has 0 aliphatic carbocycles. The van der Waals surface area contributed by atoms with Crippen LogP contribution in [-0.2, 0) is 24.5 Å². The van der Waals surface area contributed by atoms with Crippen LogP contribution in [0.2, 0.25) is 0 Å². The molecule has 0 atom stereocenters. The third-order valence-electron chi connectivity index (χ3n) is 4.51. The molecule has 0 saturated carbocycles. The number of hydrogen-bond donors (Lipinski definition) is 0. The third-order valence-corrected chi connectivity index (χ3v) is 4.51. The summed E-state index contributed by atoms with van der Waals surface area (Å²) in [6.45, 7) is 2.88. The predicted octanol–water partition coefficient (Wildman–Crippen LogP) is 2.65. The zero-order valence-corrected chi connectivity index (χ0v) is 16.4. The largest absolute Gasteiger partial charge is 0.462 e. The van der Waals surface area contributed by atoms with Crippen LogP contribution in [0.5, 0.6) is 0 Å². The number of pyridine rings is 1. The number of aromatic nitrogens is 3. The van der Waals surface area contributed by atoms with Gasteiger partial charge in [0.1, 0.15) is 5.65 Å². The zero-order valence-electron chi connectivity index (χ0n) is 16.4. The molecule has 0 aliphatic rings. The molecule has 2 aromatic heterocycles. The number of halogens is 3. The van der Waals surface area contributed by atoms with Crippen molar-refractivity contribution in [1.29, 1.82) is 0 Å². The van der Waals surface area contributed by atoms with E-state index in [1.165, 1.54) is 25.2 Å². The third kappa shape index (κ3) is 3.85. The van der Waals surface area contributed by atoms with E-state index < -0.39 is 35.5 Å². The molecule has 0 unspecified atom stereocenters. The van der Waals surface area contributed by atoms with E-state index in [-0.39, 0.29) is 28.8 Å². The molecule has 0 aliphatic heterocycles. The minimum atomic E-state index is -4.56. The molecule has 30 heavy (non-hydrogen) atoms. The van der Waals surface area contributed by atoms with Gasteiger partial charge in [-0.3, -0.25) is 13.9 Å².